The average Bonchev–Trinajstić information content (AvgIpc) is 3.10. The highest BCUT2D eigenvalue weighted by Crippen LogP contribution is 2.27. The summed E-state index contributed by atoms with van der Waals surface area (Å²) in [5.74, 6) is -0.520. The molecule has 9 nitrogen and oxygen atoms in total. The zero-order valence-electron chi connectivity index (χ0n) is 14.6. The fourth-order valence-electron chi connectivity index (χ4n) is 2.72. The quantitative estimate of drug-likeness (QED) is 0.594. The summed E-state index contributed by atoms with van der Waals surface area (Å²) >= 11 is 0. The first-order valence-electron chi connectivity index (χ1n) is 8.17. The summed E-state index contributed by atoms with van der Waals surface area (Å²) in [5, 5.41) is 18.4. The van der Waals surface area contributed by atoms with Gasteiger partial charge in [-0.15, -0.1) is 0 Å². The SMILES string of the molecule is Cc1c(C(N)=O)cccc1-c1cc(NC(=O)NCCC#N)c2nccn2n1. The van der Waals surface area contributed by atoms with Crippen LogP contribution in [0.1, 0.15) is 22.3 Å². The van der Waals surface area contributed by atoms with Crippen molar-refractivity contribution in [3.05, 3.63) is 47.8 Å². The van der Waals surface area contributed by atoms with E-state index in [1.807, 2.05) is 12.1 Å². The number of nitrogens with zero attached hydrogens (tertiary/aromatic N) is 4. The summed E-state index contributed by atoms with van der Waals surface area (Å²) in [5.41, 5.74) is 8.71. The standard InChI is InChI=1S/C18H17N7O2/c1-11-12(4-2-5-13(11)16(20)26)14-10-15(17-21-8-9-25(17)24-14)23-18(27)22-7-3-6-19/h2,4-5,8-10H,3,7H2,1H3,(H2,20,26)(H2,22,23,27). The maximum Gasteiger partial charge on any atom is 0.319 e. The smallest absolute Gasteiger partial charge is 0.319 e. The van der Waals surface area contributed by atoms with Crippen LogP contribution in [0, 0.1) is 18.3 Å². The number of nitriles is 1. The highest BCUT2D eigenvalue weighted by molar-refractivity contribution is 5.97. The number of fused-ring (bicyclic) bond motifs is 1. The van der Waals surface area contributed by atoms with Crippen molar-refractivity contribution in [1.82, 2.24) is 19.9 Å². The van der Waals surface area contributed by atoms with E-state index in [0.717, 1.165) is 5.56 Å². The number of hydrogen-bond donors (Lipinski definition) is 3. The van der Waals surface area contributed by atoms with Crippen molar-refractivity contribution < 1.29 is 9.59 Å². The molecule has 3 rings (SSSR count). The van der Waals surface area contributed by atoms with Crippen molar-refractivity contribution >= 4 is 23.3 Å². The third kappa shape index (κ3) is 3.69. The molecular formula is C18H17N7O2. The Morgan fingerprint density at radius 1 is 1.37 bits per heavy atom. The Morgan fingerprint density at radius 3 is 2.93 bits per heavy atom. The molecule has 0 aliphatic rings. The van der Waals surface area contributed by atoms with Gasteiger partial charge in [-0.25, -0.2) is 14.3 Å². The van der Waals surface area contributed by atoms with E-state index in [1.165, 1.54) is 4.52 Å². The van der Waals surface area contributed by atoms with Gasteiger partial charge >= 0.3 is 6.03 Å². The van der Waals surface area contributed by atoms with Gasteiger partial charge in [-0.05, 0) is 24.6 Å². The molecule has 3 aromatic rings. The van der Waals surface area contributed by atoms with E-state index in [4.69, 9.17) is 11.0 Å². The molecule has 0 saturated carbocycles. The number of amides is 3. The fraction of sp³-hybridized carbons (Fsp3) is 0.167. The number of carbonyl (C=O) groups is 2. The van der Waals surface area contributed by atoms with Gasteiger partial charge in [0.05, 0.1) is 23.9 Å². The van der Waals surface area contributed by atoms with E-state index in [0.29, 0.717) is 28.2 Å². The molecular weight excluding hydrogens is 346 g/mol. The summed E-state index contributed by atoms with van der Waals surface area (Å²) in [6.07, 6.45) is 3.44. The van der Waals surface area contributed by atoms with Gasteiger partial charge in [0.2, 0.25) is 5.91 Å². The Hall–Kier alpha value is -3.93. The average molecular weight is 363 g/mol. The van der Waals surface area contributed by atoms with Gasteiger partial charge in [0.25, 0.3) is 0 Å². The molecule has 0 radical (unpaired) electrons. The second-order valence-electron chi connectivity index (χ2n) is 5.77. The lowest BCUT2D eigenvalue weighted by Crippen LogP contribution is -2.29. The third-order valence-electron chi connectivity index (χ3n) is 4.00. The van der Waals surface area contributed by atoms with Crippen molar-refractivity contribution in [2.75, 3.05) is 11.9 Å². The van der Waals surface area contributed by atoms with Crippen molar-refractivity contribution in [3.8, 4) is 17.3 Å². The summed E-state index contributed by atoms with van der Waals surface area (Å²) in [4.78, 5) is 27.9. The lowest BCUT2D eigenvalue weighted by Gasteiger charge is -2.12. The molecule has 3 amide bonds. The van der Waals surface area contributed by atoms with Crippen LogP contribution < -0.4 is 16.4 Å². The second kappa shape index (κ2) is 7.53. The van der Waals surface area contributed by atoms with Gasteiger partial charge < -0.3 is 16.4 Å². The van der Waals surface area contributed by atoms with Crippen LogP contribution in [0.15, 0.2) is 36.7 Å². The first-order valence-corrected chi connectivity index (χ1v) is 8.17. The van der Waals surface area contributed by atoms with E-state index in [-0.39, 0.29) is 13.0 Å². The third-order valence-corrected chi connectivity index (χ3v) is 4.00. The fourth-order valence-corrected chi connectivity index (χ4v) is 2.72. The molecule has 0 spiro atoms. The van der Waals surface area contributed by atoms with Crippen LogP contribution in [0.2, 0.25) is 0 Å². The summed E-state index contributed by atoms with van der Waals surface area (Å²) in [6, 6.07) is 8.39. The number of nitrogens with one attached hydrogen (secondary N) is 2. The predicted molar refractivity (Wildman–Crippen MR) is 98.9 cm³/mol. The minimum atomic E-state index is -0.520. The van der Waals surface area contributed by atoms with Gasteiger partial charge in [-0.2, -0.15) is 10.4 Å². The molecule has 4 N–H and O–H groups in total. The zero-order valence-corrected chi connectivity index (χ0v) is 14.6. The molecule has 0 unspecified atom stereocenters. The minimum absolute atomic E-state index is 0.215. The van der Waals surface area contributed by atoms with Crippen molar-refractivity contribution in [1.29, 1.82) is 5.26 Å². The van der Waals surface area contributed by atoms with Crippen LogP contribution in [0.25, 0.3) is 16.9 Å². The highest BCUT2D eigenvalue weighted by atomic mass is 16.2. The second-order valence-corrected chi connectivity index (χ2v) is 5.77. The number of imidazole rings is 1. The first kappa shape index (κ1) is 17.9. The van der Waals surface area contributed by atoms with Crippen LogP contribution in [-0.4, -0.2) is 33.1 Å². The van der Waals surface area contributed by atoms with Gasteiger partial charge in [-0.1, -0.05) is 12.1 Å². The molecule has 136 valence electrons. The predicted octanol–water partition coefficient (Wildman–Crippen LogP) is 1.84. The number of carbonyl (C=O) groups excluding carboxylic acids is 2. The Kier molecular flexibility index (Phi) is 4.99. The molecule has 0 aliphatic carbocycles. The van der Waals surface area contributed by atoms with Crippen LogP contribution >= 0.6 is 0 Å². The van der Waals surface area contributed by atoms with E-state index < -0.39 is 11.9 Å². The van der Waals surface area contributed by atoms with Gasteiger partial charge in [0.15, 0.2) is 5.65 Å². The molecule has 9 heteroatoms. The molecule has 0 fully saturated rings. The van der Waals surface area contributed by atoms with Gasteiger partial charge in [0, 0.05) is 30.1 Å². The van der Waals surface area contributed by atoms with Gasteiger partial charge in [-0.3, -0.25) is 4.79 Å². The minimum Gasteiger partial charge on any atom is -0.366 e. The Morgan fingerprint density at radius 2 is 2.19 bits per heavy atom. The highest BCUT2D eigenvalue weighted by Gasteiger charge is 2.15. The first-order chi connectivity index (χ1) is 13.0. The van der Waals surface area contributed by atoms with E-state index >= 15 is 0 Å². The number of rotatable bonds is 5. The van der Waals surface area contributed by atoms with Gasteiger partial charge in [0.1, 0.15) is 0 Å². The molecule has 2 heterocycles. The monoisotopic (exact) mass is 363 g/mol. The van der Waals surface area contributed by atoms with Crippen LogP contribution in [0.3, 0.4) is 0 Å². The largest absolute Gasteiger partial charge is 0.366 e. The van der Waals surface area contributed by atoms with Crippen LogP contribution in [0.5, 0.6) is 0 Å². The number of aromatic nitrogens is 3. The number of anilines is 1. The summed E-state index contributed by atoms with van der Waals surface area (Å²) in [7, 11) is 0. The lowest BCUT2D eigenvalue weighted by atomic mass is 9.99. The number of nitrogens with two attached hydrogens (primary N) is 1. The van der Waals surface area contributed by atoms with Crippen molar-refractivity contribution in [2.45, 2.75) is 13.3 Å². The normalized spacial score (nSPS) is 10.4. The van der Waals surface area contributed by atoms with Crippen LogP contribution in [-0.2, 0) is 0 Å². The molecule has 1 aromatic carbocycles. The zero-order chi connectivity index (χ0) is 19.4. The Balaban J connectivity index is 2.01. The maximum atomic E-state index is 12.1. The number of primary amides is 1. The lowest BCUT2D eigenvalue weighted by molar-refractivity contribution is 0.0999. The molecule has 0 aliphatic heterocycles. The Bertz CT molecular complexity index is 1070. The van der Waals surface area contributed by atoms with Crippen LogP contribution in [0.4, 0.5) is 10.5 Å². The Labute approximate surface area is 154 Å². The van der Waals surface area contributed by atoms with Crippen molar-refractivity contribution in [3.63, 3.8) is 0 Å². The number of hydrogen-bond acceptors (Lipinski definition) is 5. The van der Waals surface area contributed by atoms with E-state index in [9.17, 15) is 9.59 Å². The van der Waals surface area contributed by atoms with E-state index in [2.05, 4.69) is 20.7 Å². The number of urea groups is 1. The molecule has 2 aromatic heterocycles. The molecule has 27 heavy (non-hydrogen) atoms. The molecule has 0 atom stereocenters. The summed E-state index contributed by atoms with van der Waals surface area (Å²) in [6.45, 7) is 2.03. The van der Waals surface area contributed by atoms with E-state index in [1.54, 1.807) is 37.5 Å². The number of benzene rings is 1. The molecule has 0 saturated heterocycles. The summed E-state index contributed by atoms with van der Waals surface area (Å²) < 4.78 is 1.54. The molecule has 0 bridgehead atoms. The maximum absolute atomic E-state index is 12.1. The topological polar surface area (TPSA) is 138 Å². The van der Waals surface area contributed by atoms with Crippen molar-refractivity contribution in [2.24, 2.45) is 5.73 Å².